The van der Waals surface area contributed by atoms with E-state index in [2.05, 4.69) is 30.8 Å². The van der Waals surface area contributed by atoms with Crippen LogP contribution in [0.3, 0.4) is 0 Å². The number of fused-ring (bicyclic) bond motifs is 1. The number of aromatic nitrogens is 4. The number of hydrogen-bond donors (Lipinski definition) is 1. The molecule has 0 spiro atoms. The van der Waals surface area contributed by atoms with Gasteiger partial charge in [0.2, 0.25) is 0 Å². The van der Waals surface area contributed by atoms with E-state index < -0.39 is 0 Å². The Morgan fingerprint density at radius 1 is 1.22 bits per heavy atom. The van der Waals surface area contributed by atoms with E-state index in [4.69, 9.17) is 9.72 Å². The number of carbonyl (C=O) groups is 1. The van der Waals surface area contributed by atoms with Crippen molar-refractivity contribution in [2.24, 2.45) is 0 Å². The van der Waals surface area contributed by atoms with E-state index in [0.29, 0.717) is 16.2 Å². The minimum Gasteiger partial charge on any atom is -0.379 e. The summed E-state index contributed by atoms with van der Waals surface area (Å²) < 4.78 is 7.55. The lowest BCUT2D eigenvalue weighted by Crippen LogP contribution is -2.35. The van der Waals surface area contributed by atoms with Crippen molar-refractivity contribution in [3.05, 3.63) is 51.6 Å². The maximum atomic E-state index is 13.4. The number of imidazole rings is 1. The molecule has 1 saturated heterocycles. The Bertz CT molecular complexity index is 1430. The van der Waals surface area contributed by atoms with Crippen LogP contribution in [-0.4, -0.2) is 62.9 Å². The van der Waals surface area contributed by atoms with Gasteiger partial charge in [0.05, 0.1) is 50.6 Å². The highest BCUT2D eigenvalue weighted by Crippen LogP contribution is 2.37. The number of morpholine rings is 1. The third kappa shape index (κ3) is 4.98. The number of nitrogens with zero attached hydrogens (tertiary/aromatic N) is 5. The van der Waals surface area contributed by atoms with Crippen molar-refractivity contribution in [2.45, 2.75) is 27.3 Å². The second-order valence-corrected chi connectivity index (χ2v) is 11.3. The van der Waals surface area contributed by atoms with E-state index in [9.17, 15) is 4.79 Å². The number of thioether (sulfide) groups is 1. The van der Waals surface area contributed by atoms with Gasteiger partial charge in [-0.15, -0.1) is 34.4 Å². The van der Waals surface area contributed by atoms with E-state index >= 15 is 0 Å². The molecular weight excluding hydrogens is 513 g/mol. The number of anilines is 1. The summed E-state index contributed by atoms with van der Waals surface area (Å²) in [5, 5.41) is 7.62. The largest absolute Gasteiger partial charge is 0.379 e. The van der Waals surface area contributed by atoms with E-state index in [1.807, 2.05) is 50.6 Å². The molecule has 1 aliphatic heterocycles. The quantitative estimate of drug-likeness (QED) is 0.331. The van der Waals surface area contributed by atoms with Gasteiger partial charge in [0, 0.05) is 25.0 Å². The SMILES string of the molecule is CC=C(SC)n1c(-c2sc(C)nc2C)nc2c(C(=O)Nc3nc(CN4CCOCC4)cs3)cccc21. The maximum absolute atomic E-state index is 13.4. The molecule has 5 rings (SSSR count). The fourth-order valence-electron chi connectivity index (χ4n) is 4.32. The van der Waals surface area contributed by atoms with E-state index in [0.717, 1.165) is 70.5 Å². The highest BCUT2D eigenvalue weighted by atomic mass is 32.2. The number of rotatable bonds is 7. The predicted molar refractivity (Wildman–Crippen MR) is 150 cm³/mol. The van der Waals surface area contributed by atoms with Gasteiger partial charge in [-0.25, -0.2) is 15.0 Å². The predicted octanol–water partition coefficient (Wildman–Crippen LogP) is 5.50. The van der Waals surface area contributed by atoms with Crippen LogP contribution in [0, 0.1) is 13.8 Å². The molecule has 8 nitrogen and oxygen atoms in total. The first kappa shape index (κ1) is 25.1. The molecule has 0 unspecified atom stereocenters. The molecule has 0 atom stereocenters. The van der Waals surface area contributed by atoms with Gasteiger partial charge in [-0.2, -0.15) is 0 Å². The van der Waals surface area contributed by atoms with E-state index in [1.165, 1.54) is 11.3 Å². The lowest BCUT2D eigenvalue weighted by molar-refractivity contribution is 0.0337. The molecule has 11 heteroatoms. The zero-order valence-corrected chi connectivity index (χ0v) is 23.1. The Hall–Kier alpha value is -2.57. The van der Waals surface area contributed by atoms with E-state index in [-0.39, 0.29) is 5.91 Å². The van der Waals surface area contributed by atoms with Crippen LogP contribution >= 0.6 is 34.4 Å². The Kier molecular flexibility index (Phi) is 7.54. The van der Waals surface area contributed by atoms with Crippen molar-refractivity contribution in [1.82, 2.24) is 24.4 Å². The molecule has 1 aromatic carbocycles. The Balaban J connectivity index is 1.48. The van der Waals surface area contributed by atoms with Crippen LogP contribution < -0.4 is 5.32 Å². The number of para-hydroxylation sites is 1. The average molecular weight is 541 g/mol. The third-order valence-electron chi connectivity index (χ3n) is 5.97. The number of benzene rings is 1. The molecule has 4 heterocycles. The summed E-state index contributed by atoms with van der Waals surface area (Å²) >= 11 is 4.71. The van der Waals surface area contributed by atoms with Crippen molar-refractivity contribution >= 4 is 61.5 Å². The molecule has 1 amide bonds. The Morgan fingerprint density at radius 3 is 2.72 bits per heavy atom. The summed E-state index contributed by atoms with van der Waals surface area (Å²) in [5.41, 5.74) is 3.96. The van der Waals surface area contributed by atoms with Gasteiger partial charge >= 0.3 is 0 Å². The molecule has 4 aromatic rings. The first-order valence-corrected chi connectivity index (χ1v) is 14.6. The van der Waals surface area contributed by atoms with Gasteiger partial charge in [-0.05, 0) is 39.2 Å². The summed E-state index contributed by atoms with van der Waals surface area (Å²) in [7, 11) is 0. The monoisotopic (exact) mass is 540 g/mol. The Morgan fingerprint density at radius 2 is 2.03 bits per heavy atom. The third-order valence-corrected chi connectivity index (χ3v) is 8.69. The van der Waals surface area contributed by atoms with Crippen molar-refractivity contribution in [3.8, 4) is 10.7 Å². The standard InChI is InChI=1S/C25H28N6O2S3/c1-5-20(34-4)31-19-8-6-7-18(21(19)28-23(31)22-15(2)26-16(3)36-22)24(32)29-25-27-17(14-35-25)13-30-9-11-33-12-10-30/h5-8,14H,9-13H2,1-4H3,(H,27,29,32). The average Bonchev–Trinajstić information content (AvgIpc) is 3.57. The summed E-state index contributed by atoms with van der Waals surface area (Å²) in [6.45, 7) is 10.1. The molecular formula is C25H28N6O2S3. The summed E-state index contributed by atoms with van der Waals surface area (Å²) in [4.78, 5) is 31.0. The number of amides is 1. The summed E-state index contributed by atoms with van der Waals surface area (Å²) in [5.74, 6) is 0.588. The molecule has 36 heavy (non-hydrogen) atoms. The van der Waals surface area contributed by atoms with Crippen LogP contribution in [-0.2, 0) is 11.3 Å². The van der Waals surface area contributed by atoms with Crippen LogP contribution in [0.5, 0.6) is 0 Å². The summed E-state index contributed by atoms with van der Waals surface area (Å²) in [6.07, 6.45) is 4.11. The zero-order chi connectivity index (χ0) is 25.2. The fourth-order valence-corrected chi connectivity index (χ4v) is 6.52. The molecule has 0 saturated carbocycles. The van der Waals surface area contributed by atoms with Gasteiger partial charge in [0.15, 0.2) is 11.0 Å². The number of aryl methyl sites for hydroxylation is 2. The van der Waals surface area contributed by atoms with Crippen LogP contribution in [0.4, 0.5) is 5.13 Å². The number of carbonyl (C=O) groups excluding carboxylic acids is 1. The molecule has 1 aliphatic rings. The molecule has 0 aliphatic carbocycles. The second kappa shape index (κ2) is 10.8. The van der Waals surface area contributed by atoms with Gasteiger partial charge in [-0.1, -0.05) is 12.1 Å². The zero-order valence-electron chi connectivity index (χ0n) is 20.7. The molecule has 3 aromatic heterocycles. The minimum atomic E-state index is -0.215. The molecule has 1 N–H and O–H groups in total. The lowest BCUT2D eigenvalue weighted by atomic mass is 10.1. The van der Waals surface area contributed by atoms with Crippen LogP contribution in [0.15, 0.2) is 29.7 Å². The number of nitrogens with one attached hydrogen (secondary N) is 1. The van der Waals surface area contributed by atoms with Crippen molar-refractivity contribution < 1.29 is 9.53 Å². The van der Waals surface area contributed by atoms with E-state index in [1.54, 1.807) is 23.1 Å². The highest BCUT2D eigenvalue weighted by molar-refractivity contribution is 8.07. The van der Waals surface area contributed by atoms with Crippen LogP contribution in [0.25, 0.3) is 26.8 Å². The molecule has 188 valence electrons. The second-order valence-electron chi connectivity index (χ2n) is 8.41. The first-order chi connectivity index (χ1) is 17.5. The van der Waals surface area contributed by atoms with Gasteiger partial charge in [-0.3, -0.25) is 19.6 Å². The number of hydrogen-bond acceptors (Lipinski definition) is 9. The van der Waals surface area contributed by atoms with Crippen molar-refractivity contribution in [1.29, 1.82) is 0 Å². The minimum absolute atomic E-state index is 0.215. The van der Waals surface area contributed by atoms with Gasteiger partial charge in [0.1, 0.15) is 5.52 Å². The fraction of sp³-hybridized carbons (Fsp3) is 0.360. The summed E-state index contributed by atoms with van der Waals surface area (Å²) in [6, 6.07) is 5.74. The molecule has 0 bridgehead atoms. The van der Waals surface area contributed by atoms with Gasteiger partial charge < -0.3 is 4.74 Å². The maximum Gasteiger partial charge on any atom is 0.259 e. The lowest BCUT2D eigenvalue weighted by Gasteiger charge is -2.25. The first-order valence-electron chi connectivity index (χ1n) is 11.7. The molecule has 0 radical (unpaired) electrons. The smallest absolute Gasteiger partial charge is 0.259 e. The Labute approximate surface area is 222 Å². The van der Waals surface area contributed by atoms with Crippen molar-refractivity contribution in [2.75, 3.05) is 37.9 Å². The van der Waals surface area contributed by atoms with Gasteiger partial charge in [0.25, 0.3) is 5.91 Å². The van der Waals surface area contributed by atoms with Crippen LogP contribution in [0.2, 0.25) is 0 Å². The number of thiazole rings is 2. The highest BCUT2D eigenvalue weighted by Gasteiger charge is 2.23. The normalized spacial score (nSPS) is 15.1. The number of ether oxygens (including phenoxy) is 1. The number of allylic oxidation sites excluding steroid dienone is 1. The topological polar surface area (TPSA) is 85.2 Å². The van der Waals surface area contributed by atoms with Crippen LogP contribution in [0.1, 0.15) is 33.7 Å². The molecule has 1 fully saturated rings. The van der Waals surface area contributed by atoms with Crippen molar-refractivity contribution in [3.63, 3.8) is 0 Å².